The number of hydrogen-bond acceptors (Lipinski definition) is 3. The molecule has 3 aromatic rings. The fourth-order valence-electron chi connectivity index (χ4n) is 2.86. The highest BCUT2D eigenvalue weighted by Crippen LogP contribution is 2.25. The molecule has 0 fully saturated rings. The molecular formula is C16H13N3O. The van der Waals surface area contributed by atoms with E-state index in [1.165, 1.54) is 0 Å². The number of benzene rings is 1. The highest BCUT2D eigenvalue weighted by molar-refractivity contribution is 5.92. The monoisotopic (exact) mass is 263 g/mol. The maximum absolute atomic E-state index is 12.1. The van der Waals surface area contributed by atoms with Gasteiger partial charge in [0, 0.05) is 17.1 Å². The van der Waals surface area contributed by atoms with Gasteiger partial charge in [0.2, 0.25) is 0 Å². The van der Waals surface area contributed by atoms with Crippen molar-refractivity contribution >= 4 is 10.8 Å². The Balaban J connectivity index is 2.01. The Morgan fingerprint density at radius 1 is 1.10 bits per heavy atom. The number of aryl methyl sites for hydroxylation is 1. The molecule has 20 heavy (non-hydrogen) atoms. The molecule has 1 aromatic carbocycles. The predicted octanol–water partition coefficient (Wildman–Crippen LogP) is 2.47. The van der Waals surface area contributed by atoms with Crippen molar-refractivity contribution in [3.63, 3.8) is 0 Å². The van der Waals surface area contributed by atoms with Crippen molar-refractivity contribution in [1.82, 2.24) is 15.0 Å². The second kappa shape index (κ2) is 4.27. The predicted molar refractivity (Wildman–Crippen MR) is 77.6 cm³/mol. The SMILES string of the molecule is O=c1[nH]c(-c2nccc3ccccc23)nc2c1CCC2. The molecule has 0 spiro atoms. The summed E-state index contributed by atoms with van der Waals surface area (Å²) in [5, 5.41) is 2.11. The van der Waals surface area contributed by atoms with Gasteiger partial charge in [0.1, 0.15) is 5.69 Å². The van der Waals surface area contributed by atoms with E-state index in [0.717, 1.165) is 47.0 Å². The van der Waals surface area contributed by atoms with Gasteiger partial charge in [0.25, 0.3) is 5.56 Å². The number of nitrogens with one attached hydrogen (secondary N) is 1. The fourth-order valence-corrected chi connectivity index (χ4v) is 2.86. The zero-order valence-electron chi connectivity index (χ0n) is 10.9. The molecule has 1 N–H and O–H groups in total. The first-order valence-corrected chi connectivity index (χ1v) is 6.79. The zero-order chi connectivity index (χ0) is 13.5. The third kappa shape index (κ3) is 1.65. The number of fused-ring (bicyclic) bond motifs is 2. The van der Waals surface area contributed by atoms with Crippen molar-refractivity contribution < 1.29 is 0 Å². The quantitative estimate of drug-likeness (QED) is 0.733. The lowest BCUT2D eigenvalue weighted by Gasteiger charge is -2.06. The molecule has 0 atom stereocenters. The Kier molecular flexibility index (Phi) is 2.42. The maximum Gasteiger partial charge on any atom is 0.254 e. The molecule has 0 bridgehead atoms. The molecule has 4 rings (SSSR count). The molecule has 1 aliphatic carbocycles. The van der Waals surface area contributed by atoms with E-state index in [2.05, 4.69) is 15.0 Å². The first-order chi connectivity index (χ1) is 9.83. The van der Waals surface area contributed by atoms with Gasteiger partial charge >= 0.3 is 0 Å². The number of pyridine rings is 1. The number of aromatic nitrogens is 3. The Morgan fingerprint density at radius 3 is 2.95 bits per heavy atom. The van der Waals surface area contributed by atoms with E-state index in [9.17, 15) is 4.79 Å². The van der Waals surface area contributed by atoms with E-state index in [4.69, 9.17) is 0 Å². The lowest BCUT2D eigenvalue weighted by Crippen LogP contribution is -2.15. The van der Waals surface area contributed by atoms with Crippen LogP contribution in [0.2, 0.25) is 0 Å². The Labute approximate surface area is 115 Å². The molecule has 2 aromatic heterocycles. The van der Waals surface area contributed by atoms with E-state index >= 15 is 0 Å². The van der Waals surface area contributed by atoms with E-state index in [1.807, 2.05) is 30.3 Å². The molecule has 4 heteroatoms. The first kappa shape index (κ1) is 11.3. The minimum absolute atomic E-state index is 0.0164. The van der Waals surface area contributed by atoms with Crippen LogP contribution in [0.5, 0.6) is 0 Å². The van der Waals surface area contributed by atoms with Crippen LogP contribution < -0.4 is 5.56 Å². The van der Waals surface area contributed by atoms with E-state index in [1.54, 1.807) is 6.20 Å². The number of hydrogen-bond donors (Lipinski definition) is 1. The van der Waals surface area contributed by atoms with Crippen LogP contribution in [-0.2, 0) is 12.8 Å². The second-order valence-electron chi connectivity index (χ2n) is 5.07. The summed E-state index contributed by atoms with van der Waals surface area (Å²) in [4.78, 5) is 24.0. The van der Waals surface area contributed by atoms with Crippen molar-refractivity contribution in [3.8, 4) is 11.5 Å². The third-order valence-corrected chi connectivity index (χ3v) is 3.84. The van der Waals surface area contributed by atoms with Gasteiger partial charge in [-0.2, -0.15) is 0 Å². The number of nitrogens with zero attached hydrogens (tertiary/aromatic N) is 2. The van der Waals surface area contributed by atoms with Crippen LogP contribution >= 0.6 is 0 Å². The number of rotatable bonds is 1. The Morgan fingerprint density at radius 2 is 2.00 bits per heavy atom. The summed E-state index contributed by atoms with van der Waals surface area (Å²) >= 11 is 0. The highest BCUT2D eigenvalue weighted by atomic mass is 16.1. The van der Waals surface area contributed by atoms with Crippen LogP contribution in [0.3, 0.4) is 0 Å². The van der Waals surface area contributed by atoms with Gasteiger partial charge in [-0.05, 0) is 30.7 Å². The van der Waals surface area contributed by atoms with Gasteiger partial charge in [0.15, 0.2) is 5.82 Å². The molecule has 0 aliphatic heterocycles. The summed E-state index contributed by atoms with van der Waals surface area (Å²) < 4.78 is 0. The van der Waals surface area contributed by atoms with Crippen LogP contribution in [0.15, 0.2) is 41.3 Å². The Hall–Kier alpha value is -2.49. The summed E-state index contributed by atoms with van der Waals surface area (Å²) in [6, 6.07) is 9.96. The van der Waals surface area contributed by atoms with Crippen molar-refractivity contribution in [2.75, 3.05) is 0 Å². The van der Waals surface area contributed by atoms with Gasteiger partial charge in [-0.3, -0.25) is 9.78 Å². The van der Waals surface area contributed by atoms with Crippen LogP contribution in [0.1, 0.15) is 17.7 Å². The minimum atomic E-state index is -0.0164. The van der Waals surface area contributed by atoms with E-state index in [-0.39, 0.29) is 5.56 Å². The molecular weight excluding hydrogens is 250 g/mol. The molecule has 98 valence electrons. The fraction of sp³-hybridized carbons (Fsp3) is 0.188. The van der Waals surface area contributed by atoms with Gasteiger partial charge < -0.3 is 4.98 Å². The normalized spacial score (nSPS) is 13.6. The van der Waals surface area contributed by atoms with Gasteiger partial charge in [0.05, 0.1) is 5.69 Å². The number of aromatic amines is 1. The van der Waals surface area contributed by atoms with Crippen molar-refractivity contribution in [3.05, 3.63) is 58.1 Å². The van der Waals surface area contributed by atoms with Gasteiger partial charge in [-0.15, -0.1) is 0 Å². The topological polar surface area (TPSA) is 58.6 Å². The standard InChI is InChI=1S/C16H13N3O/c20-16-12-6-3-7-13(12)18-15(19-16)14-11-5-2-1-4-10(11)8-9-17-14/h1-2,4-5,8-9H,3,6-7H2,(H,18,19,20). The molecule has 0 unspecified atom stereocenters. The van der Waals surface area contributed by atoms with Gasteiger partial charge in [-0.1, -0.05) is 24.3 Å². The smallest absolute Gasteiger partial charge is 0.254 e. The summed E-state index contributed by atoms with van der Waals surface area (Å²) in [6.45, 7) is 0. The Bertz CT molecular complexity index is 862. The number of H-pyrrole nitrogens is 1. The molecule has 1 aliphatic rings. The summed E-state index contributed by atoms with van der Waals surface area (Å²) in [5.74, 6) is 0.576. The third-order valence-electron chi connectivity index (χ3n) is 3.84. The van der Waals surface area contributed by atoms with Crippen molar-refractivity contribution in [2.24, 2.45) is 0 Å². The van der Waals surface area contributed by atoms with Crippen LogP contribution in [0.4, 0.5) is 0 Å². The molecule has 4 nitrogen and oxygen atoms in total. The molecule has 0 saturated carbocycles. The summed E-state index contributed by atoms with van der Waals surface area (Å²) in [7, 11) is 0. The van der Waals surface area contributed by atoms with Crippen LogP contribution in [-0.4, -0.2) is 15.0 Å². The largest absolute Gasteiger partial charge is 0.305 e. The minimum Gasteiger partial charge on any atom is -0.305 e. The second-order valence-corrected chi connectivity index (χ2v) is 5.07. The lowest BCUT2D eigenvalue weighted by molar-refractivity contribution is 0.899. The van der Waals surface area contributed by atoms with Crippen molar-refractivity contribution in [1.29, 1.82) is 0 Å². The molecule has 0 amide bonds. The maximum atomic E-state index is 12.1. The molecule has 0 saturated heterocycles. The first-order valence-electron chi connectivity index (χ1n) is 6.79. The average Bonchev–Trinajstić information content (AvgIpc) is 2.95. The van der Waals surface area contributed by atoms with E-state index in [0.29, 0.717) is 5.82 Å². The molecule has 0 radical (unpaired) electrons. The average molecular weight is 263 g/mol. The summed E-state index contributed by atoms with van der Waals surface area (Å²) in [6.07, 6.45) is 4.49. The van der Waals surface area contributed by atoms with Gasteiger partial charge in [-0.25, -0.2) is 4.98 Å². The zero-order valence-corrected chi connectivity index (χ0v) is 10.9. The summed E-state index contributed by atoms with van der Waals surface area (Å²) in [5.41, 5.74) is 2.50. The van der Waals surface area contributed by atoms with E-state index < -0.39 is 0 Å². The lowest BCUT2D eigenvalue weighted by atomic mass is 10.1. The molecule has 2 heterocycles. The van der Waals surface area contributed by atoms with Crippen molar-refractivity contribution in [2.45, 2.75) is 19.3 Å². The highest BCUT2D eigenvalue weighted by Gasteiger charge is 2.18. The van der Waals surface area contributed by atoms with Crippen LogP contribution in [0, 0.1) is 0 Å². The van der Waals surface area contributed by atoms with Crippen LogP contribution in [0.25, 0.3) is 22.3 Å².